The number of hydrogen-bond acceptors (Lipinski definition) is 11. The van der Waals surface area contributed by atoms with Crippen LogP contribution in [-0.4, -0.2) is 78.2 Å². The van der Waals surface area contributed by atoms with Gasteiger partial charge in [0.25, 0.3) is 0 Å². The minimum Gasteiger partial charge on any atom is -0.378 e. The average molecular weight is 831 g/mol. The summed E-state index contributed by atoms with van der Waals surface area (Å²) in [5.74, 6) is 0.457. The smallest absolute Gasteiger partial charge is 0.194 e. The highest BCUT2D eigenvalue weighted by molar-refractivity contribution is 7.93. The number of carbonyl (C=O) groups is 2. The van der Waals surface area contributed by atoms with Gasteiger partial charge in [0.1, 0.15) is 5.65 Å². The zero-order valence-corrected chi connectivity index (χ0v) is 35.2. The topological polar surface area (TPSA) is 141 Å². The summed E-state index contributed by atoms with van der Waals surface area (Å²) in [6.07, 6.45) is 14.4. The molecule has 1 N–H and O–H groups in total. The molecule has 0 atom stereocenters. The van der Waals surface area contributed by atoms with Gasteiger partial charge in [-0.1, -0.05) is 22.5 Å². The molecule has 6 aromatic heterocycles. The number of anilines is 2. The van der Waals surface area contributed by atoms with Crippen molar-refractivity contribution in [3.63, 3.8) is 0 Å². The number of aryl methyl sites for hydroxylation is 2. The molecule has 0 saturated carbocycles. The Morgan fingerprint density at radius 1 is 0.623 bits per heavy atom. The van der Waals surface area contributed by atoms with Crippen LogP contribution in [0.3, 0.4) is 0 Å². The lowest BCUT2D eigenvalue weighted by Crippen LogP contribution is -2.09. The molecule has 61 heavy (non-hydrogen) atoms. The number of hydrogen-bond donors (Lipinski definition) is 1. The van der Waals surface area contributed by atoms with Crippen LogP contribution in [-0.2, 0) is 18.4 Å². The van der Waals surface area contributed by atoms with Gasteiger partial charge in [-0.25, -0.2) is 13.9 Å². The first kappa shape index (κ1) is 40.3. The number of ketones is 2. The van der Waals surface area contributed by atoms with Gasteiger partial charge < -0.3 is 19.7 Å². The number of aromatic nitrogens is 8. The van der Waals surface area contributed by atoms with Crippen LogP contribution < -0.4 is 14.7 Å². The predicted octanol–water partition coefficient (Wildman–Crippen LogP) is 8.42. The maximum atomic E-state index is 13.2. The van der Waals surface area contributed by atoms with E-state index in [0.717, 1.165) is 62.3 Å². The molecule has 3 aromatic carbocycles. The molecule has 6 heterocycles. The second-order valence-corrected chi connectivity index (χ2v) is 15.3. The van der Waals surface area contributed by atoms with E-state index in [1.807, 2.05) is 156 Å². The van der Waals surface area contributed by atoms with Gasteiger partial charge in [-0.2, -0.15) is 10.2 Å². The van der Waals surface area contributed by atoms with Crippen LogP contribution in [0.5, 0.6) is 5.75 Å². The Kier molecular flexibility index (Phi) is 11.5. The lowest BCUT2D eigenvalue weighted by molar-refractivity contribution is -0.0785. The number of rotatable bonds is 12. The number of nitrogens with one attached hydrogen (secondary N) is 1. The van der Waals surface area contributed by atoms with Crippen molar-refractivity contribution >= 4 is 57.2 Å². The van der Waals surface area contributed by atoms with Crippen LogP contribution in [0, 0.1) is 0 Å². The number of H-pyrrole nitrogens is 1. The van der Waals surface area contributed by atoms with Crippen molar-refractivity contribution in [1.29, 1.82) is 0 Å². The van der Waals surface area contributed by atoms with Crippen LogP contribution in [0.1, 0.15) is 31.8 Å². The first-order valence-corrected chi connectivity index (χ1v) is 19.9. The molecule has 15 heteroatoms. The number of benzene rings is 3. The molecule has 306 valence electrons. The normalized spacial score (nSPS) is 11.0. The Hall–Kier alpha value is -7.49. The molecule has 0 aliphatic heterocycles. The van der Waals surface area contributed by atoms with Gasteiger partial charge in [-0.3, -0.25) is 19.0 Å². The first-order chi connectivity index (χ1) is 29.5. The molecular weight excluding hydrogens is 789 g/mol. The van der Waals surface area contributed by atoms with Gasteiger partial charge in [-0.05, 0) is 72.8 Å². The summed E-state index contributed by atoms with van der Waals surface area (Å²) in [5, 5.41) is 10.2. The van der Waals surface area contributed by atoms with Gasteiger partial charge >= 0.3 is 0 Å². The number of fused-ring (bicyclic) bond motifs is 2. The maximum absolute atomic E-state index is 13.2. The summed E-state index contributed by atoms with van der Waals surface area (Å²) in [6, 6.07) is 28.1. The lowest BCUT2D eigenvalue weighted by atomic mass is 10.0. The Balaban J connectivity index is 0.000000176. The molecule has 0 saturated heterocycles. The highest BCUT2D eigenvalue weighted by Gasteiger charge is 2.19. The number of carbonyl (C=O) groups excluding carboxylic acids is 2. The maximum Gasteiger partial charge on any atom is 0.194 e. The third-order valence-corrected chi connectivity index (χ3v) is 10.5. The van der Waals surface area contributed by atoms with Crippen molar-refractivity contribution in [2.45, 2.75) is 0 Å². The molecule has 14 nitrogen and oxygen atoms in total. The van der Waals surface area contributed by atoms with E-state index in [4.69, 9.17) is 9.22 Å². The van der Waals surface area contributed by atoms with Crippen molar-refractivity contribution in [2.24, 2.45) is 14.1 Å². The predicted molar refractivity (Wildman–Crippen MR) is 240 cm³/mol. The molecule has 0 amide bonds. The van der Waals surface area contributed by atoms with Crippen molar-refractivity contribution in [3.05, 3.63) is 163 Å². The molecule has 0 spiro atoms. The Morgan fingerprint density at radius 3 is 1.70 bits per heavy atom. The molecule has 0 fully saturated rings. The Bertz CT molecular complexity index is 2970. The fraction of sp³-hybridized carbons (Fsp3) is 0.130. The standard InChI is InChI=1S/C26H23N5O3S.C20H19N5O/c1-29(2)21-11-9-18(10-12-21)25(32)19-13-23-24(20-15-28-30(3)16-20)17-31(26(23)27-14-19)35-34-33-22-7-5-4-6-8-22;1-24(2)16-6-4-13(5-7-16)19(26)14-8-17-18(11-22-20(17)21-9-14)15-10-23-25(3)12-15/h4-17H,1-3H3;4-12H,1-3H3,(H,21,22). The second kappa shape index (κ2) is 17.4. The fourth-order valence-corrected chi connectivity index (χ4v) is 7.23. The van der Waals surface area contributed by atoms with Crippen molar-refractivity contribution in [1.82, 2.24) is 38.5 Å². The van der Waals surface area contributed by atoms with E-state index in [-0.39, 0.29) is 11.6 Å². The van der Waals surface area contributed by atoms with Gasteiger partial charge in [0, 0.05) is 146 Å². The highest BCUT2D eigenvalue weighted by atomic mass is 32.2. The van der Waals surface area contributed by atoms with Crippen LogP contribution in [0.4, 0.5) is 11.4 Å². The van der Waals surface area contributed by atoms with E-state index in [9.17, 15) is 9.59 Å². The van der Waals surface area contributed by atoms with Crippen molar-refractivity contribution in [3.8, 4) is 28.0 Å². The quantitative estimate of drug-likeness (QED) is 0.0549. The second-order valence-electron chi connectivity index (χ2n) is 14.7. The fourth-order valence-electron chi connectivity index (χ4n) is 6.70. The lowest BCUT2D eigenvalue weighted by Gasteiger charge is -2.12. The zero-order chi connectivity index (χ0) is 42.6. The molecule has 9 rings (SSSR count). The van der Waals surface area contributed by atoms with Crippen LogP contribution in [0.2, 0.25) is 0 Å². The molecule has 0 aliphatic carbocycles. The molecule has 9 aromatic rings. The summed E-state index contributed by atoms with van der Waals surface area (Å²) < 4.78 is 10.6. The van der Waals surface area contributed by atoms with Crippen molar-refractivity contribution in [2.75, 3.05) is 38.0 Å². The summed E-state index contributed by atoms with van der Waals surface area (Å²) in [5.41, 5.74) is 9.57. The minimum atomic E-state index is -0.0918. The number of para-hydroxylation sites is 1. The summed E-state index contributed by atoms with van der Waals surface area (Å²) in [7, 11) is 11.6. The van der Waals surface area contributed by atoms with Crippen LogP contribution >= 0.6 is 12.2 Å². The van der Waals surface area contributed by atoms with Gasteiger partial charge in [0.2, 0.25) is 0 Å². The van der Waals surface area contributed by atoms with E-state index < -0.39 is 0 Å². The minimum absolute atomic E-state index is 0.0388. The van der Waals surface area contributed by atoms with E-state index in [1.54, 1.807) is 50.3 Å². The van der Waals surface area contributed by atoms with E-state index >= 15 is 0 Å². The number of aromatic amines is 1. The highest BCUT2D eigenvalue weighted by Crippen LogP contribution is 2.34. The van der Waals surface area contributed by atoms with Gasteiger partial charge in [-0.15, -0.1) is 0 Å². The molecular formula is C46H42N10O4S. The Labute approximate surface area is 356 Å². The average Bonchev–Trinajstić information content (AvgIpc) is 4.09. The Morgan fingerprint density at radius 2 is 1.16 bits per heavy atom. The number of pyridine rings is 2. The van der Waals surface area contributed by atoms with Gasteiger partial charge in [0.05, 0.1) is 12.4 Å². The summed E-state index contributed by atoms with van der Waals surface area (Å²) >= 11 is 0.997. The van der Waals surface area contributed by atoms with Crippen molar-refractivity contribution < 1.29 is 18.8 Å². The molecule has 0 radical (unpaired) electrons. The molecule has 0 bridgehead atoms. The largest absolute Gasteiger partial charge is 0.378 e. The summed E-state index contributed by atoms with van der Waals surface area (Å²) in [4.78, 5) is 47.6. The van der Waals surface area contributed by atoms with E-state index in [1.165, 1.54) is 0 Å². The molecule has 0 unspecified atom stereocenters. The molecule has 0 aliphatic rings. The first-order valence-electron chi connectivity index (χ1n) is 19.2. The SMILES string of the molecule is CN(C)c1ccc(C(=O)c2cnc3[nH]cc(-c4cnn(C)c4)c3c2)cc1.CN(C)c1ccc(C(=O)c2cnc3c(c2)c(-c2cnn(C)c2)cn3SOOc2ccccc2)cc1. The van der Waals surface area contributed by atoms with Gasteiger partial charge in [0.15, 0.2) is 35.2 Å². The third kappa shape index (κ3) is 8.78. The van der Waals surface area contributed by atoms with Crippen LogP contribution in [0.15, 0.2) is 141 Å². The third-order valence-electron chi connectivity index (χ3n) is 9.98. The van der Waals surface area contributed by atoms with Crippen LogP contribution in [0.25, 0.3) is 44.3 Å². The monoisotopic (exact) mass is 830 g/mol. The van der Waals surface area contributed by atoms with E-state index in [2.05, 4.69) is 25.1 Å². The van der Waals surface area contributed by atoms with E-state index in [0.29, 0.717) is 33.7 Å². The zero-order valence-electron chi connectivity index (χ0n) is 34.3. The summed E-state index contributed by atoms with van der Waals surface area (Å²) in [6.45, 7) is 0. The number of nitrogens with zero attached hydrogens (tertiary/aromatic N) is 9.